The van der Waals surface area contributed by atoms with E-state index in [2.05, 4.69) is 32.6 Å². The molecule has 0 saturated carbocycles. The van der Waals surface area contributed by atoms with E-state index in [9.17, 15) is 4.79 Å². The van der Waals surface area contributed by atoms with Crippen molar-refractivity contribution in [3.8, 4) is 0 Å². The minimum atomic E-state index is -0.00624. The summed E-state index contributed by atoms with van der Waals surface area (Å²) in [5.41, 5.74) is 6.34. The molecule has 1 heterocycles. The normalized spacial score (nSPS) is 23.0. The lowest BCUT2D eigenvalue weighted by Gasteiger charge is -2.31. The summed E-state index contributed by atoms with van der Waals surface area (Å²) in [6, 6.07) is 0.435. The number of hydrogen-bond donors (Lipinski definition) is 1. The molecule has 1 aliphatic heterocycles. The molecule has 2 N–H and O–H groups in total. The molecule has 0 aromatic heterocycles. The summed E-state index contributed by atoms with van der Waals surface area (Å²) >= 11 is 0. The minimum absolute atomic E-state index is 0.00624. The Kier molecular flexibility index (Phi) is 6.31. The van der Waals surface area contributed by atoms with Crippen LogP contribution in [0.15, 0.2) is 0 Å². The lowest BCUT2D eigenvalue weighted by atomic mass is 9.87. The highest BCUT2D eigenvalue weighted by atomic mass is 16.2. The van der Waals surface area contributed by atoms with Crippen molar-refractivity contribution < 1.29 is 4.79 Å². The van der Waals surface area contributed by atoms with Crippen LogP contribution in [-0.2, 0) is 4.79 Å². The van der Waals surface area contributed by atoms with Crippen LogP contribution < -0.4 is 5.73 Å². The van der Waals surface area contributed by atoms with Gasteiger partial charge in [-0.2, -0.15) is 0 Å². The molecule has 0 aromatic rings. The Morgan fingerprint density at radius 3 is 2.58 bits per heavy atom. The summed E-state index contributed by atoms with van der Waals surface area (Å²) in [7, 11) is 0. The second-order valence-corrected chi connectivity index (χ2v) is 7.23. The van der Waals surface area contributed by atoms with Crippen LogP contribution in [0.2, 0.25) is 0 Å². The standard InChI is InChI=1S/C16H32N2O/c1-5-14-9-7-6-8-10-18(14)15(19)11-13(17)12-16(2,3)4/h13-14H,5-12,17H2,1-4H3. The van der Waals surface area contributed by atoms with Gasteiger partial charge in [-0.25, -0.2) is 0 Å². The van der Waals surface area contributed by atoms with Crippen LogP contribution in [0.4, 0.5) is 0 Å². The number of carbonyl (C=O) groups excluding carboxylic acids is 1. The van der Waals surface area contributed by atoms with Crippen molar-refractivity contribution in [2.45, 2.75) is 84.7 Å². The molecule has 1 amide bonds. The van der Waals surface area contributed by atoms with E-state index in [4.69, 9.17) is 5.73 Å². The quantitative estimate of drug-likeness (QED) is 0.850. The summed E-state index contributed by atoms with van der Waals surface area (Å²) < 4.78 is 0. The van der Waals surface area contributed by atoms with E-state index in [-0.39, 0.29) is 17.4 Å². The van der Waals surface area contributed by atoms with Crippen molar-refractivity contribution in [2.75, 3.05) is 6.54 Å². The van der Waals surface area contributed by atoms with E-state index < -0.39 is 0 Å². The van der Waals surface area contributed by atoms with Gasteiger partial charge in [0.1, 0.15) is 0 Å². The first-order chi connectivity index (χ1) is 8.83. The molecule has 0 aliphatic carbocycles. The van der Waals surface area contributed by atoms with Crippen LogP contribution >= 0.6 is 0 Å². The van der Waals surface area contributed by atoms with Gasteiger partial charge in [-0.3, -0.25) is 4.79 Å². The summed E-state index contributed by atoms with van der Waals surface area (Å²) in [6.07, 6.45) is 7.32. The van der Waals surface area contributed by atoms with Crippen molar-refractivity contribution >= 4 is 5.91 Å². The van der Waals surface area contributed by atoms with Crippen LogP contribution in [0.1, 0.15) is 72.6 Å². The molecule has 0 radical (unpaired) electrons. The molecule has 2 unspecified atom stereocenters. The Morgan fingerprint density at radius 2 is 2.00 bits per heavy atom. The van der Waals surface area contributed by atoms with E-state index in [1.54, 1.807) is 0 Å². The first-order valence-corrected chi connectivity index (χ1v) is 7.88. The molecule has 112 valence electrons. The van der Waals surface area contributed by atoms with Crippen LogP contribution in [0, 0.1) is 5.41 Å². The van der Waals surface area contributed by atoms with E-state index in [1.165, 1.54) is 12.8 Å². The third-order valence-corrected chi connectivity index (χ3v) is 3.98. The number of hydrogen-bond acceptors (Lipinski definition) is 2. The van der Waals surface area contributed by atoms with Gasteiger partial charge in [0, 0.05) is 25.0 Å². The third-order valence-electron chi connectivity index (χ3n) is 3.98. The predicted octanol–water partition coefficient (Wildman–Crippen LogP) is 3.32. The lowest BCUT2D eigenvalue weighted by Crippen LogP contribution is -2.42. The Hall–Kier alpha value is -0.570. The van der Waals surface area contributed by atoms with Gasteiger partial charge in [-0.1, -0.05) is 40.5 Å². The third kappa shape index (κ3) is 5.94. The molecule has 19 heavy (non-hydrogen) atoms. The molecule has 3 nitrogen and oxygen atoms in total. The van der Waals surface area contributed by atoms with Gasteiger partial charge in [0.05, 0.1) is 0 Å². The molecule has 0 bridgehead atoms. The largest absolute Gasteiger partial charge is 0.340 e. The molecule has 3 heteroatoms. The fourth-order valence-electron chi connectivity index (χ4n) is 3.13. The average molecular weight is 268 g/mol. The molecular formula is C16H32N2O. The first-order valence-electron chi connectivity index (χ1n) is 7.88. The van der Waals surface area contributed by atoms with Crippen LogP contribution in [0.5, 0.6) is 0 Å². The van der Waals surface area contributed by atoms with E-state index in [0.29, 0.717) is 12.5 Å². The van der Waals surface area contributed by atoms with Gasteiger partial charge in [0.25, 0.3) is 0 Å². The van der Waals surface area contributed by atoms with E-state index in [0.717, 1.165) is 32.2 Å². The first kappa shape index (κ1) is 16.5. The maximum absolute atomic E-state index is 12.5. The molecule has 2 atom stereocenters. The summed E-state index contributed by atoms with van der Waals surface area (Å²) in [5, 5.41) is 0. The van der Waals surface area contributed by atoms with Crippen molar-refractivity contribution in [3.05, 3.63) is 0 Å². The topological polar surface area (TPSA) is 46.3 Å². The van der Waals surface area contributed by atoms with Gasteiger partial charge >= 0.3 is 0 Å². The molecule has 0 spiro atoms. The smallest absolute Gasteiger partial charge is 0.224 e. The van der Waals surface area contributed by atoms with Crippen molar-refractivity contribution in [3.63, 3.8) is 0 Å². The summed E-state index contributed by atoms with van der Waals surface area (Å²) in [6.45, 7) is 9.65. The highest BCUT2D eigenvalue weighted by Crippen LogP contribution is 2.23. The van der Waals surface area contributed by atoms with Gasteiger partial charge in [0.15, 0.2) is 0 Å². The Labute approximate surface area is 118 Å². The fourth-order valence-corrected chi connectivity index (χ4v) is 3.13. The van der Waals surface area contributed by atoms with Crippen LogP contribution in [0.25, 0.3) is 0 Å². The maximum atomic E-state index is 12.5. The van der Waals surface area contributed by atoms with E-state index >= 15 is 0 Å². The van der Waals surface area contributed by atoms with Crippen molar-refractivity contribution in [1.82, 2.24) is 4.90 Å². The molecule has 1 rings (SSSR count). The number of amides is 1. The Bertz CT molecular complexity index is 283. The molecule has 1 saturated heterocycles. The monoisotopic (exact) mass is 268 g/mol. The second-order valence-electron chi connectivity index (χ2n) is 7.23. The van der Waals surface area contributed by atoms with Crippen molar-refractivity contribution in [1.29, 1.82) is 0 Å². The Morgan fingerprint density at radius 1 is 1.32 bits per heavy atom. The lowest BCUT2D eigenvalue weighted by molar-refractivity contribution is -0.134. The summed E-state index contributed by atoms with van der Waals surface area (Å²) in [5.74, 6) is 0.269. The Balaban J connectivity index is 2.54. The SMILES string of the molecule is CCC1CCCCCN1C(=O)CC(N)CC(C)(C)C. The zero-order valence-electron chi connectivity index (χ0n) is 13.2. The van der Waals surface area contributed by atoms with Crippen LogP contribution in [0.3, 0.4) is 0 Å². The zero-order valence-corrected chi connectivity index (χ0v) is 13.2. The number of rotatable bonds is 4. The van der Waals surface area contributed by atoms with Crippen molar-refractivity contribution in [2.24, 2.45) is 11.1 Å². The molecule has 1 aliphatic rings. The highest BCUT2D eigenvalue weighted by molar-refractivity contribution is 5.77. The second kappa shape index (κ2) is 7.28. The number of likely N-dealkylation sites (tertiary alicyclic amines) is 1. The van der Waals surface area contributed by atoms with Crippen LogP contribution in [-0.4, -0.2) is 29.4 Å². The van der Waals surface area contributed by atoms with Gasteiger partial charge < -0.3 is 10.6 Å². The predicted molar refractivity (Wildman–Crippen MR) is 80.9 cm³/mol. The molecule has 1 fully saturated rings. The average Bonchev–Trinajstić information content (AvgIpc) is 2.50. The molecule has 0 aromatic carbocycles. The minimum Gasteiger partial charge on any atom is -0.340 e. The van der Waals surface area contributed by atoms with E-state index in [1.807, 2.05) is 0 Å². The molecular weight excluding hydrogens is 236 g/mol. The fraction of sp³-hybridized carbons (Fsp3) is 0.938. The van der Waals surface area contributed by atoms with Gasteiger partial charge in [0.2, 0.25) is 5.91 Å². The highest BCUT2D eigenvalue weighted by Gasteiger charge is 2.26. The van der Waals surface area contributed by atoms with Gasteiger partial charge in [-0.05, 0) is 31.1 Å². The number of carbonyl (C=O) groups is 1. The van der Waals surface area contributed by atoms with Gasteiger partial charge in [-0.15, -0.1) is 0 Å². The summed E-state index contributed by atoms with van der Waals surface area (Å²) in [4.78, 5) is 14.6. The zero-order chi connectivity index (χ0) is 14.5. The number of nitrogens with zero attached hydrogens (tertiary/aromatic N) is 1. The number of nitrogens with two attached hydrogens (primary N) is 1. The maximum Gasteiger partial charge on any atom is 0.224 e.